The SMILES string of the molecule is Cc1ncc([N+](=O)[O-])n1[C@@H]1CCCCCCCCCC/C1=N\O. The van der Waals surface area contributed by atoms with E-state index in [1.54, 1.807) is 11.5 Å². The molecule has 0 unspecified atom stereocenters. The van der Waals surface area contributed by atoms with Gasteiger partial charge in [0.15, 0.2) is 5.82 Å². The van der Waals surface area contributed by atoms with Gasteiger partial charge in [0.25, 0.3) is 0 Å². The fourth-order valence-corrected chi connectivity index (χ4v) is 3.39. The largest absolute Gasteiger partial charge is 0.411 e. The summed E-state index contributed by atoms with van der Waals surface area (Å²) in [6, 6.07) is -0.276. The summed E-state index contributed by atoms with van der Waals surface area (Å²) in [5.41, 5.74) is 0.634. The molecule has 0 amide bonds. The van der Waals surface area contributed by atoms with Crippen molar-refractivity contribution in [3.05, 3.63) is 22.1 Å². The van der Waals surface area contributed by atoms with E-state index in [0.29, 0.717) is 18.0 Å². The van der Waals surface area contributed by atoms with E-state index in [2.05, 4.69) is 10.1 Å². The molecule has 1 aliphatic rings. The van der Waals surface area contributed by atoms with Crippen molar-refractivity contribution in [3.8, 4) is 0 Å². The highest BCUT2D eigenvalue weighted by atomic mass is 16.6. The molecular formula is C16H26N4O3. The molecule has 128 valence electrons. The summed E-state index contributed by atoms with van der Waals surface area (Å²) in [6.07, 6.45) is 11.8. The van der Waals surface area contributed by atoms with Crippen molar-refractivity contribution in [3.63, 3.8) is 0 Å². The van der Waals surface area contributed by atoms with Gasteiger partial charge >= 0.3 is 5.82 Å². The highest BCUT2D eigenvalue weighted by molar-refractivity contribution is 5.88. The van der Waals surface area contributed by atoms with Crippen LogP contribution in [0.3, 0.4) is 0 Å². The van der Waals surface area contributed by atoms with Gasteiger partial charge in [-0.3, -0.25) is 0 Å². The Morgan fingerprint density at radius 1 is 1.22 bits per heavy atom. The number of hydrogen-bond donors (Lipinski definition) is 1. The van der Waals surface area contributed by atoms with Gasteiger partial charge in [-0.15, -0.1) is 0 Å². The lowest BCUT2D eigenvalue weighted by atomic mass is 9.96. The van der Waals surface area contributed by atoms with Crippen LogP contribution >= 0.6 is 0 Å². The van der Waals surface area contributed by atoms with Crippen molar-refractivity contribution in [2.24, 2.45) is 5.16 Å². The molecule has 1 atom stereocenters. The molecule has 23 heavy (non-hydrogen) atoms. The van der Waals surface area contributed by atoms with Gasteiger partial charge in [-0.25, -0.2) is 9.55 Å². The van der Waals surface area contributed by atoms with Crippen molar-refractivity contribution in [2.45, 2.75) is 77.2 Å². The topological polar surface area (TPSA) is 93.5 Å². The van der Waals surface area contributed by atoms with E-state index in [9.17, 15) is 15.3 Å². The molecule has 1 N–H and O–H groups in total. The molecule has 1 heterocycles. The number of rotatable bonds is 2. The average molecular weight is 322 g/mol. The predicted octanol–water partition coefficient (Wildman–Crippen LogP) is 4.39. The Kier molecular flexibility index (Phi) is 6.55. The quantitative estimate of drug-likeness (QED) is 0.496. The Morgan fingerprint density at radius 2 is 1.83 bits per heavy atom. The van der Waals surface area contributed by atoms with E-state index in [0.717, 1.165) is 32.1 Å². The first-order valence-corrected chi connectivity index (χ1v) is 8.54. The van der Waals surface area contributed by atoms with E-state index in [-0.39, 0.29) is 11.9 Å². The summed E-state index contributed by atoms with van der Waals surface area (Å²) < 4.78 is 1.63. The molecule has 2 rings (SSSR count). The molecule has 1 saturated carbocycles. The van der Waals surface area contributed by atoms with E-state index < -0.39 is 4.92 Å². The van der Waals surface area contributed by atoms with Crippen LogP contribution in [0, 0.1) is 17.0 Å². The third-order valence-electron chi connectivity index (χ3n) is 4.63. The van der Waals surface area contributed by atoms with Crippen LogP contribution in [-0.4, -0.2) is 25.4 Å². The number of nitro groups is 1. The van der Waals surface area contributed by atoms with Crippen molar-refractivity contribution in [2.75, 3.05) is 0 Å². The first kappa shape index (κ1) is 17.4. The molecule has 0 radical (unpaired) electrons. The molecule has 1 fully saturated rings. The second-order valence-corrected chi connectivity index (χ2v) is 6.26. The molecule has 0 bridgehead atoms. The fourth-order valence-electron chi connectivity index (χ4n) is 3.39. The molecule has 7 nitrogen and oxygen atoms in total. The molecule has 1 aromatic heterocycles. The van der Waals surface area contributed by atoms with Crippen LogP contribution in [0.5, 0.6) is 0 Å². The van der Waals surface area contributed by atoms with Gasteiger partial charge < -0.3 is 15.3 Å². The minimum absolute atomic E-state index is 0.0271. The maximum absolute atomic E-state index is 11.3. The Bertz CT molecular complexity index is 554. The Hall–Kier alpha value is -1.92. The average Bonchev–Trinajstić information content (AvgIpc) is 2.90. The lowest BCUT2D eigenvalue weighted by Gasteiger charge is -2.18. The van der Waals surface area contributed by atoms with Gasteiger partial charge in [0.2, 0.25) is 0 Å². The van der Waals surface area contributed by atoms with Crippen LogP contribution in [0.25, 0.3) is 0 Å². The lowest BCUT2D eigenvalue weighted by molar-refractivity contribution is -0.392. The first-order chi connectivity index (χ1) is 11.1. The van der Waals surface area contributed by atoms with Crippen LogP contribution in [0.2, 0.25) is 0 Å². The van der Waals surface area contributed by atoms with Gasteiger partial charge in [0, 0.05) is 6.92 Å². The summed E-state index contributed by atoms with van der Waals surface area (Å²) in [5, 5.41) is 24.3. The van der Waals surface area contributed by atoms with Gasteiger partial charge in [0.1, 0.15) is 18.0 Å². The Morgan fingerprint density at radius 3 is 2.43 bits per heavy atom. The maximum Gasteiger partial charge on any atom is 0.343 e. The minimum Gasteiger partial charge on any atom is -0.411 e. The highest BCUT2D eigenvalue weighted by Gasteiger charge is 2.30. The molecular weight excluding hydrogens is 296 g/mol. The monoisotopic (exact) mass is 322 g/mol. The standard InChI is InChI=1S/C16H26N4O3/c1-13-17-12-16(20(22)23)19(13)15-11-9-7-5-3-2-4-6-8-10-14(15)18-21/h12,15,21H,2-11H2,1H3/b18-14+/t15-/m1/s1. The second kappa shape index (κ2) is 8.64. The third kappa shape index (κ3) is 4.53. The van der Waals surface area contributed by atoms with Gasteiger partial charge in [0.05, 0.1) is 0 Å². The number of imidazole rings is 1. The number of hydrogen-bond acceptors (Lipinski definition) is 5. The van der Waals surface area contributed by atoms with Crippen molar-refractivity contribution < 1.29 is 10.1 Å². The number of oxime groups is 1. The smallest absolute Gasteiger partial charge is 0.343 e. The molecule has 0 aliphatic heterocycles. The van der Waals surface area contributed by atoms with Crippen LogP contribution in [0.1, 0.15) is 76.1 Å². The number of nitrogens with zero attached hydrogens (tertiary/aromatic N) is 4. The number of aryl methyl sites for hydroxylation is 1. The molecule has 0 spiro atoms. The van der Waals surface area contributed by atoms with E-state index in [4.69, 9.17) is 0 Å². The van der Waals surface area contributed by atoms with Gasteiger partial charge in [-0.05, 0) is 30.6 Å². The zero-order valence-electron chi connectivity index (χ0n) is 13.8. The third-order valence-corrected chi connectivity index (χ3v) is 4.63. The van der Waals surface area contributed by atoms with E-state index in [1.165, 1.54) is 31.9 Å². The highest BCUT2D eigenvalue weighted by Crippen LogP contribution is 2.29. The zero-order valence-corrected chi connectivity index (χ0v) is 13.8. The summed E-state index contributed by atoms with van der Waals surface area (Å²) in [7, 11) is 0. The van der Waals surface area contributed by atoms with E-state index in [1.807, 2.05) is 0 Å². The normalized spacial score (nSPS) is 23.2. The van der Waals surface area contributed by atoms with Crippen molar-refractivity contribution in [1.29, 1.82) is 0 Å². The van der Waals surface area contributed by atoms with Crippen LogP contribution in [0.15, 0.2) is 11.4 Å². The molecule has 1 aliphatic carbocycles. The Balaban J connectivity index is 2.28. The lowest BCUT2D eigenvalue weighted by Crippen LogP contribution is -2.22. The van der Waals surface area contributed by atoms with Crippen LogP contribution in [0.4, 0.5) is 5.82 Å². The molecule has 0 aromatic carbocycles. The zero-order chi connectivity index (χ0) is 16.7. The van der Waals surface area contributed by atoms with Gasteiger partial charge in [-0.1, -0.05) is 43.7 Å². The first-order valence-electron chi connectivity index (χ1n) is 8.54. The summed E-state index contributed by atoms with van der Waals surface area (Å²) in [6.45, 7) is 1.76. The summed E-state index contributed by atoms with van der Waals surface area (Å²) in [4.78, 5) is 15.0. The van der Waals surface area contributed by atoms with E-state index >= 15 is 0 Å². The van der Waals surface area contributed by atoms with Crippen molar-refractivity contribution in [1.82, 2.24) is 9.55 Å². The summed E-state index contributed by atoms with van der Waals surface area (Å²) in [5.74, 6) is 0.565. The number of aromatic nitrogens is 2. The van der Waals surface area contributed by atoms with Crippen molar-refractivity contribution >= 4 is 11.5 Å². The fraction of sp³-hybridized carbons (Fsp3) is 0.750. The Labute approximate surface area is 136 Å². The molecule has 0 saturated heterocycles. The van der Waals surface area contributed by atoms with Crippen LogP contribution < -0.4 is 0 Å². The maximum atomic E-state index is 11.3. The van der Waals surface area contributed by atoms with Crippen LogP contribution in [-0.2, 0) is 0 Å². The molecule has 7 heteroatoms. The van der Waals surface area contributed by atoms with Gasteiger partial charge in [-0.2, -0.15) is 0 Å². The summed E-state index contributed by atoms with van der Waals surface area (Å²) >= 11 is 0. The minimum atomic E-state index is -0.412. The predicted molar refractivity (Wildman–Crippen MR) is 88.0 cm³/mol. The molecule has 1 aromatic rings. The second-order valence-electron chi connectivity index (χ2n) is 6.26.